The fourth-order valence-corrected chi connectivity index (χ4v) is 3.24. The molecule has 0 unspecified atom stereocenters. The first kappa shape index (κ1) is 14.3. The minimum absolute atomic E-state index is 0.0722. The van der Waals surface area contributed by atoms with Crippen molar-refractivity contribution in [3.63, 3.8) is 0 Å². The topological polar surface area (TPSA) is 108 Å². The number of aromatic hydroxyl groups is 1. The van der Waals surface area contributed by atoms with Crippen molar-refractivity contribution in [1.29, 1.82) is 0 Å². The van der Waals surface area contributed by atoms with Crippen LogP contribution < -0.4 is 9.03 Å². The number of phenols is 1. The van der Waals surface area contributed by atoms with Crippen molar-refractivity contribution in [2.75, 3.05) is 4.31 Å². The van der Waals surface area contributed by atoms with Gasteiger partial charge in [-0.2, -0.15) is 8.42 Å². The Balaban J connectivity index is 1.81. The predicted molar refractivity (Wildman–Crippen MR) is 79.3 cm³/mol. The van der Waals surface area contributed by atoms with E-state index >= 15 is 0 Å². The van der Waals surface area contributed by atoms with E-state index in [2.05, 4.69) is 4.98 Å². The molecule has 0 spiro atoms. The van der Waals surface area contributed by atoms with Gasteiger partial charge < -0.3 is 14.8 Å². The molecule has 1 aromatic carbocycles. The quantitative estimate of drug-likeness (QED) is 0.773. The van der Waals surface area contributed by atoms with E-state index in [0.717, 1.165) is 16.1 Å². The van der Waals surface area contributed by atoms with Crippen LogP contribution in [-0.2, 0) is 23.2 Å². The molecule has 2 aromatic rings. The second-order valence-corrected chi connectivity index (χ2v) is 6.34. The number of nitrogens with one attached hydrogen (secondary N) is 1. The number of nitrogens with zero attached hydrogens (tertiary/aromatic N) is 3. The third-order valence-electron chi connectivity index (χ3n) is 3.23. The minimum atomic E-state index is -3.90. The minimum Gasteiger partial charge on any atom is -0.506 e. The Labute approximate surface area is 127 Å². The molecule has 0 fully saturated rings. The van der Waals surface area contributed by atoms with E-state index in [1.54, 1.807) is 18.6 Å². The molecule has 0 atom stereocenters. The van der Waals surface area contributed by atoms with Gasteiger partial charge in [0.05, 0.1) is 12.5 Å². The lowest BCUT2D eigenvalue weighted by atomic mass is 10.1. The standard InChI is InChI=1S/C13H14N4O4S/c18-12-7-10(3-5-16-6-4-14-9-16)1-2-11(12)17-8-13(19)15-22(17,20)21/h1-2,4,6-9,15,18-19H,3,5H2. The zero-order valence-corrected chi connectivity index (χ0v) is 12.2. The van der Waals surface area contributed by atoms with Crippen LogP contribution in [0.15, 0.2) is 49.0 Å². The van der Waals surface area contributed by atoms with E-state index in [-0.39, 0.29) is 11.4 Å². The number of phenolic OH excluding ortho intramolecular Hbond substituents is 1. The van der Waals surface area contributed by atoms with Crippen molar-refractivity contribution >= 4 is 15.9 Å². The molecular formula is C13H14N4O4S. The van der Waals surface area contributed by atoms with Crippen molar-refractivity contribution in [2.45, 2.75) is 13.0 Å². The molecule has 0 bridgehead atoms. The van der Waals surface area contributed by atoms with Gasteiger partial charge in [0.15, 0.2) is 0 Å². The number of aryl methyl sites for hydroxylation is 2. The van der Waals surface area contributed by atoms with E-state index in [1.807, 2.05) is 15.5 Å². The summed E-state index contributed by atoms with van der Waals surface area (Å²) in [6.45, 7) is 0.697. The van der Waals surface area contributed by atoms with Gasteiger partial charge >= 0.3 is 10.2 Å². The van der Waals surface area contributed by atoms with E-state index in [0.29, 0.717) is 13.0 Å². The zero-order chi connectivity index (χ0) is 15.7. The summed E-state index contributed by atoms with van der Waals surface area (Å²) < 4.78 is 28.2. The van der Waals surface area contributed by atoms with E-state index in [1.165, 1.54) is 12.1 Å². The maximum Gasteiger partial charge on any atom is 0.330 e. The summed E-state index contributed by atoms with van der Waals surface area (Å²) in [4.78, 5) is 3.94. The highest BCUT2D eigenvalue weighted by molar-refractivity contribution is 7.91. The predicted octanol–water partition coefficient (Wildman–Crippen LogP) is 0.843. The summed E-state index contributed by atoms with van der Waals surface area (Å²) in [5.74, 6) is -0.678. The molecule has 116 valence electrons. The van der Waals surface area contributed by atoms with Crippen LogP contribution >= 0.6 is 0 Å². The molecule has 1 aromatic heterocycles. The zero-order valence-electron chi connectivity index (χ0n) is 11.4. The Bertz CT molecular complexity index is 815. The van der Waals surface area contributed by atoms with E-state index < -0.39 is 16.1 Å². The summed E-state index contributed by atoms with van der Waals surface area (Å²) in [5, 5.41) is 19.3. The number of benzene rings is 1. The van der Waals surface area contributed by atoms with Crippen LogP contribution in [0.25, 0.3) is 0 Å². The van der Waals surface area contributed by atoms with Gasteiger partial charge in [0, 0.05) is 18.9 Å². The molecule has 2 heterocycles. The normalized spacial score (nSPS) is 16.4. The molecular weight excluding hydrogens is 308 g/mol. The van der Waals surface area contributed by atoms with Crippen LogP contribution in [-0.4, -0.2) is 28.2 Å². The number of aromatic nitrogens is 2. The lowest BCUT2D eigenvalue weighted by Gasteiger charge is -2.16. The van der Waals surface area contributed by atoms with Gasteiger partial charge in [0.1, 0.15) is 11.4 Å². The molecule has 0 amide bonds. The number of hydrogen-bond acceptors (Lipinski definition) is 5. The maximum atomic E-state index is 11.8. The number of aliphatic hydroxyl groups excluding tert-OH is 1. The largest absolute Gasteiger partial charge is 0.506 e. The summed E-state index contributed by atoms with van der Waals surface area (Å²) in [6.07, 6.45) is 6.88. The van der Waals surface area contributed by atoms with Gasteiger partial charge in [-0.3, -0.25) is 0 Å². The molecule has 9 heteroatoms. The number of aliphatic hydroxyl groups is 1. The second kappa shape index (κ2) is 5.26. The van der Waals surface area contributed by atoms with Crippen molar-refractivity contribution in [1.82, 2.24) is 14.3 Å². The van der Waals surface area contributed by atoms with Crippen LogP contribution in [0.4, 0.5) is 5.69 Å². The molecule has 0 saturated heterocycles. The number of imidazole rings is 1. The monoisotopic (exact) mass is 322 g/mol. The fraction of sp³-hybridized carbons (Fsp3) is 0.154. The first-order valence-corrected chi connectivity index (χ1v) is 7.90. The SMILES string of the molecule is O=S1(=O)NC(O)=CN1c1ccc(CCn2ccnc2)cc1O. The molecule has 3 rings (SSSR count). The molecule has 1 aliphatic heterocycles. The van der Waals surface area contributed by atoms with Crippen molar-refractivity contribution in [3.8, 4) is 5.75 Å². The Morgan fingerprint density at radius 2 is 2.09 bits per heavy atom. The van der Waals surface area contributed by atoms with Crippen molar-refractivity contribution in [3.05, 3.63) is 54.6 Å². The highest BCUT2D eigenvalue weighted by atomic mass is 32.2. The van der Waals surface area contributed by atoms with Gasteiger partial charge in [-0.1, -0.05) is 6.07 Å². The molecule has 8 nitrogen and oxygen atoms in total. The first-order valence-electron chi connectivity index (χ1n) is 6.46. The van der Waals surface area contributed by atoms with Gasteiger partial charge in [-0.25, -0.2) is 14.0 Å². The highest BCUT2D eigenvalue weighted by Gasteiger charge is 2.30. The summed E-state index contributed by atoms with van der Waals surface area (Å²) in [6, 6.07) is 4.72. The van der Waals surface area contributed by atoms with Crippen LogP contribution in [0.1, 0.15) is 5.56 Å². The van der Waals surface area contributed by atoms with Crippen LogP contribution in [0.5, 0.6) is 5.75 Å². The average Bonchev–Trinajstić information content (AvgIpc) is 3.04. The van der Waals surface area contributed by atoms with Crippen molar-refractivity contribution < 1.29 is 18.6 Å². The molecule has 22 heavy (non-hydrogen) atoms. The molecule has 0 aliphatic carbocycles. The molecule has 3 N–H and O–H groups in total. The fourth-order valence-electron chi connectivity index (χ4n) is 2.18. The molecule has 0 radical (unpaired) electrons. The van der Waals surface area contributed by atoms with Gasteiger partial charge in [-0.15, -0.1) is 0 Å². The van der Waals surface area contributed by atoms with E-state index in [9.17, 15) is 18.6 Å². The summed E-state index contributed by atoms with van der Waals surface area (Å²) in [7, 11) is -3.90. The maximum absolute atomic E-state index is 11.8. The molecule has 0 saturated carbocycles. The number of anilines is 1. The Morgan fingerprint density at radius 1 is 1.27 bits per heavy atom. The highest BCUT2D eigenvalue weighted by Crippen LogP contribution is 2.32. The Kier molecular flexibility index (Phi) is 3.41. The lowest BCUT2D eigenvalue weighted by molar-refractivity contribution is 0.392. The summed E-state index contributed by atoms with van der Waals surface area (Å²) in [5.41, 5.74) is 0.927. The number of hydrogen-bond donors (Lipinski definition) is 3. The van der Waals surface area contributed by atoms with Gasteiger partial charge in [0.25, 0.3) is 0 Å². The average molecular weight is 322 g/mol. The third-order valence-corrected chi connectivity index (χ3v) is 4.51. The molecule has 1 aliphatic rings. The summed E-state index contributed by atoms with van der Waals surface area (Å²) >= 11 is 0. The van der Waals surface area contributed by atoms with E-state index in [4.69, 9.17) is 0 Å². The van der Waals surface area contributed by atoms with Crippen LogP contribution in [0, 0.1) is 0 Å². The first-order chi connectivity index (χ1) is 10.5. The number of rotatable bonds is 4. The second-order valence-electron chi connectivity index (χ2n) is 4.79. The smallest absolute Gasteiger partial charge is 0.330 e. The third kappa shape index (κ3) is 2.70. The van der Waals surface area contributed by atoms with Gasteiger partial charge in [-0.05, 0) is 24.1 Å². The van der Waals surface area contributed by atoms with Crippen LogP contribution in [0.2, 0.25) is 0 Å². The van der Waals surface area contributed by atoms with Crippen LogP contribution in [0.3, 0.4) is 0 Å². The lowest BCUT2D eigenvalue weighted by Crippen LogP contribution is -2.29. The Morgan fingerprint density at radius 3 is 2.68 bits per heavy atom. The van der Waals surface area contributed by atoms with Crippen molar-refractivity contribution in [2.24, 2.45) is 0 Å². The Hall–Kier alpha value is -2.68. The van der Waals surface area contributed by atoms with Gasteiger partial charge in [0.2, 0.25) is 5.88 Å².